The van der Waals surface area contributed by atoms with Crippen LogP contribution in [0, 0.1) is 0 Å². The number of nitrogens with zero attached hydrogens (tertiary/aromatic N) is 1. The third-order valence-electron chi connectivity index (χ3n) is 12.4. The molecule has 0 heterocycles. The van der Waals surface area contributed by atoms with Crippen LogP contribution in [0.5, 0.6) is 0 Å². The Balaban J connectivity index is 4.22. The Bertz CT molecular complexity index is 1820. The predicted molar refractivity (Wildman–Crippen MR) is 332 cm³/mol. The average molecular weight is 1100 g/mol. The van der Waals surface area contributed by atoms with E-state index < -0.39 is 32.5 Å². The lowest BCUT2D eigenvalue weighted by Gasteiger charge is -2.28. The normalized spacial score (nSPS) is 14.3. The molecule has 0 rings (SSSR count). The highest BCUT2D eigenvalue weighted by Crippen LogP contribution is 2.38. The molecule has 0 saturated carbocycles. The fourth-order valence-corrected chi connectivity index (χ4v) is 8.45. The molecule has 0 saturated heterocycles. The van der Waals surface area contributed by atoms with Crippen LogP contribution < -0.4 is 4.89 Å². The van der Waals surface area contributed by atoms with E-state index in [1.165, 1.54) is 51.4 Å². The van der Waals surface area contributed by atoms with Crippen molar-refractivity contribution in [2.45, 2.75) is 225 Å². The number of quaternary nitrogens is 1. The van der Waals surface area contributed by atoms with E-state index in [-0.39, 0.29) is 26.1 Å². The molecule has 0 aliphatic rings. The molecule has 0 bridgehead atoms. The summed E-state index contributed by atoms with van der Waals surface area (Å²) < 4.78 is 34.2. The van der Waals surface area contributed by atoms with Crippen molar-refractivity contribution >= 4 is 19.8 Å². The zero-order valence-corrected chi connectivity index (χ0v) is 50.9. The minimum atomic E-state index is -4.65. The third kappa shape index (κ3) is 61.1. The van der Waals surface area contributed by atoms with E-state index >= 15 is 0 Å². The highest BCUT2D eigenvalue weighted by atomic mass is 31.2. The van der Waals surface area contributed by atoms with Crippen LogP contribution in [0.2, 0.25) is 0 Å². The minimum Gasteiger partial charge on any atom is -0.756 e. The molecular weight excluding hydrogens is 990 g/mol. The molecule has 0 radical (unpaired) electrons. The van der Waals surface area contributed by atoms with Gasteiger partial charge in [0.25, 0.3) is 7.82 Å². The summed E-state index contributed by atoms with van der Waals surface area (Å²) in [5.41, 5.74) is 0. The number of allylic oxidation sites excluding steroid dienone is 24. The Morgan fingerprint density at radius 2 is 0.692 bits per heavy atom. The molecule has 78 heavy (non-hydrogen) atoms. The van der Waals surface area contributed by atoms with Gasteiger partial charge in [0.1, 0.15) is 19.8 Å². The smallest absolute Gasteiger partial charge is 0.306 e. The molecule has 0 fully saturated rings. The van der Waals surface area contributed by atoms with Gasteiger partial charge in [0.05, 0.1) is 27.7 Å². The van der Waals surface area contributed by atoms with Gasteiger partial charge in [-0.05, 0) is 116 Å². The molecule has 2 unspecified atom stereocenters. The van der Waals surface area contributed by atoms with Crippen LogP contribution >= 0.6 is 7.82 Å². The van der Waals surface area contributed by atoms with Crippen LogP contribution in [0.25, 0.3) is 0 Å². The Hall–Kier alpha value is -4.11. The quantitative estimate of drug-likeness (QED) is 0.0195. The molecule has 0 aromatic rings. The van der Waals surface area contributed by atoms with Crippen LogP contribution in [-0.2, 0) is 32.7 Å². The number of hydrogen-bond acceptors (Lipinski definition) is 8. The summed E-state index contributed by atoms with van der Waals surface area (Å²) in [6, 6.07) is 0. The maximum atomic E-state index is 12.8. The average Bonchev–Trinajstić information content (AvgIpc) is 3.40. The van der Waals surface area contributed by atoms with E-state index in [4.69, 9.17) is 18.5 Å². The number of rotatable bonds is 54. The van der Waals surface area contributed by atoms with Crippen LogP contribution in [-0.4, -0.2) is 70.0 Å². The number of hydrogen-bond donors (Lipinski definition) is 0. The summed E-state index contributed by atoms with van der Waals surface area (Å²) >= 11 is 0. The van der Waals surface area contributed by atoms with Crippen molar-refractivity contribution in [3.63, 3.8) is 0 Å². The Morgan fingerprint density at radius 3 is 1.03 bits per heavy atom. The number of carbonyl (C=O) groups excluding carboxylic acids is 2. The van der Waals surface area contributed by atoms with Crippen molar-refractivity contribution < 1.29 is 42.1 Å². The Morgan fingerprint density at radius 1 is 0.397 bits per heavy atom. The summed E-state index contributed by atoms with van der Waals surface area (Å²) in [7, 11) is 1.13. The van der Waals surface area contributed by atoms with Gasteiger partial charge in [-0.25, -0.2) is 0 Å². The van der Waals surface area contributed by atoms with Gasteiger partial charge in [-0.15, -0.1) is 0 Å². The second kappa shape index (κ2) is 57.6. The summed E-state index contributed by atoms with van der Waals surface area (Å²) in [6.07, 6.45) is 84.6. The summed E-state index contributed by atoms with van der Waals surface area (Å²) in [5.74, 6) is -0.863. The number of carbonyl (C=O) groups is 2. The monoisotopic (exact) mass is 1100 g/mol. The SMILES string of the molecule is CC/C=C\C/C=C\C/C=C\C/C=C\C/C=C\C/C=C\C/C=C\CCCCCCCCCCCC(=O)OC(COC(=O)CCCCCCCCC/C=C\C/C=C\C/C=C\C/C=C\C/C=C\CC)COP(=O)([O-])OCC[N+](C)(C)C. The van der Waals surface area contributed by atoms with Gasteiger partial charge in [-0.3, -0.25) is 14.2 Å². The molecular formula is C68H112NO8P. The van der Waals surface area contributed by atoms with Gasteiger partial charge in [0.15, 0.2) is 6.10 Å². The van der Waals surface area contributed by atoms with E-state index in [0.29, 0.717) is 23.9 Å². The number of phosphoric ester groups is 1. The lowest BCUT2D eigenvalue weighted by atomic mass is 10.1. The lowest BCUT2D eigenvalue weighted by molar-refractivity contribution is -0.870. The molecule has 9 nitrogen and oxygen atoms in total. The fourth-order valence-electron chi connectivity index (χ4n) is 7.72. The molecule has 0 amide bonds. The zero-order valence-electron chi connectivity index (χ0n) is 50.1. The maximum Gasteiger partial charge on any atom is 0.306 e. The van der Waals surface area contributed by atoms with Crippen molar-refractivity contribution in [2.24, 2.45) is 0 Å². The van der Waals surface area contributed by atoms with E-state index in [0.717, 1.165) is 128 Å². The summed E-state index contributed by atoms with van der Waals surface area (Å²) in [5, 5.41) is 0. The summed E-state index contributed by atoms with van der Waals surface area (Å²) in [4.78, 5) is 37.9. The molecule has 0 aliphatic heterocycles. The van der Waals surface area contributed by atoms with Gasteiger partial charge in [-0.2, -0.15) is 0 Å². The molecule has 0 aromatic heterocycles. The van der Waals surface area contributed by atoms with E-state index in [9.17, 15) is 19.0 Å². The first-order valence-corrected chi connectivity index (χ1v) is 32.0. The van der Waals surface area contributed by atoms with Crippen LogP contribution in [0.4, 0.5) is 0 Å². The van der Waals surface area contributed by atoms with E-state index in [2.05, 4.69) is 160 Å². The van der Waals surface area contributed by atoms with Crippen molar-refractivity contribution in [3.05, 3.63) is 146 Å². The van der Waals surface area contributed by atoms with Crippen molar-refractivity contribution in [2.75, 3.05) is 47.5 Å². The number of likely N-dealkylation sites (N-methyl/N-ethyl adjacent to an activating group) is 1. The van der Waals surface area contributed by atoms with Crippen LogP contribution in [0.15, 0.2) is 146 Å². The predicted octanol–water partition coefficient (Wildman–Crippen LogP) is 18.8. The second-order valence-corrected chi connectivity index (χ2v) is 22.4. The van der Waals surface area contributed by atoms with E-state index in [1.807, 2.05) is 21.1 Å². The maximum absolute atomic E-state index is 12.8. The Labute approximate surface area is 478 Å². The molecule has 0 aromatic carbocycles. The Kier molecular flexibility index (Phi) is 54.5. The molecule has 0 spiro atoms. The van der Waals surface area contributed by atoms with Gasteiger partial charge < -0.3 is 27.9 Å². The fraction of sp³-hybridized carbons (Fsp3) is 0.618. The minimum absolute atomic E-state index is 0.0424. The third-order valence-corrected chi connectivity index (χ3v) is 13.3. The van der Waals surface area contributed by atoms with Gasteiger partial charge >= 0.3 is 11.9 Å². The van der Waals surface area contributed by atoms with Crippen LogP contribution in [0.1, 0.15) is 219 Å². The first-order valence-electron chi connectivity index (χ1n) is 30.5. The largest absolute Gasteiger partial charge is 0.756 e. The molecule has 0 N–H and O–H groups in total. The number of ether oxygens (including phenoxy) is 2. The summed E-state index contributed by atoms with van der Waals surface area (Å²) in [6.45, 7) is 3.97. The number of unbranched alkanes of at least 4 members (excludes halogenated alkanes) is 16. The highest BCUT2D eigenvalue weighted by molar-refractivity contribution is 7.45. The molecule has 0 aliphatic carbocycles. The lowest BCUT2D eigenvalue weighted by Crippen LogP contribution is -2.37. The number of esters is 2. The standard InChI is InChI=1S/C68H112NO8P/c1-6-8-10-12-14-16-18-20-22-24-26-28-30-31-32-33-34-35-36-37-39-41-43-45-47-49-51-53-55-57-59-61-68(71)77-66(65-76-78(72,73)75-63-62-69(3,4)5)64-74-67(70)60-58-56-54-52-50-48-46-44-42-40-38-29-27-25-23-21-19-17-15-13-11-9-7-2/h8-11,14-17,20-23,26-29,31-32,34-35,37,39-40,42,66H,6-7,12-13,18-19,24-25,30,33,36,38,41,43-65H2,1-5H3/b10-8-,11-9-,16-14-,17-15-,22-20-,23-21-,28-26-,29-27-,32-31-,35-34-,39-37-,42-40-. The van der Waals surface area contributed by atoms with Gasteiger partial charge in [-0.1, -0.05) is 237 Å². The van der Waals surface area contributed by atoms with E-state index in [1.54, 1.807) is 0 Å². The second-order valence-electron chi connectivity index (χ2n) is 20.9. The van der Waals surface area contributed by atoms with Gasteiger partial charge in [0.2, 0.25) is 0 Å². The van der Waals surface area contributed by atoms with Crippen molar-refractivity contribution in [1.82, 2.24) is 0 Å². The van der Waals surface area contributed by atoms with Gasteiger partial charge in [0, 0.05) is 12.8 Å². The number of phosphoric acid groups is 1. The zero-order chi connectivity index (χ0) is 57.0. The van der Waals surface area contributed by atoms with Crippen LogP contribution in [0.3, 0.4) is 0 Å². The highest BCUT2D eigenvalue weighted by Gasteiger charge is 2.22. The molecule has 2 atom stereocenters. The molecule has 442 valence electrons. The molecule has 10 heteroatoms. The first-order chi connectivity index (χ1) is 38.0. The van der Waals surface area contributed by atoms with Crippen molar-refractivity contribution in [1.29, 1.82) is 0 Å². The van der Waals surface area contributed by atoms with Crippen molar-refractivity contribution in [3.8, 4) is 0 Å². The topological polar surface area (TPSA) is 111 Å². The first kappa shape index (κ1) is 73.9.